The standard InChI is InChI=1S/C14H19NO4/c1-3-18-9-8-12-4-6-13(7-5-12)14(15-17)10-19-11(2)16/h4-7,17H,3,8-10H2,1-2H3. The van der Waals surface area contributed by atoms with Crippen molar-refractivity contribution in [2.75, 3.05) is 19.8 Å². The van der Waals surface area contributed by atoms with Crippen LogP contribution in [0.15, 0.2) is 29.4 Å². The van der Waals surface area contributed by atoms with E-state index in [1.54, 1.807) is 0 Å². The molecule has 1 rings (SSSR count). The minimum atomic E-state index is -0.408. The van der Waals surface area contributed by atoms with Gasteiger partial charge in [0.15, 0.2) is 0 Å². The van der Waals surface area contributed by atoms with Crippen LogP contribution < -0.4 is 0 Å². The van der Waals surface area contributed by atoms with Crippen LogP contribution in [-0.2, 0) is 20.7 Å². The summed E-state index contributed by atoms with van der Waals surface area (Å²) in [6.07, 6.45) is 0.837. The van der Waals surface area contributed by atoms with Crippen LogP contribution in [0.1, 0.15) is 25.0 Å². The molecule has 0 spiro atoms. The highest BCUT2D eigenvalue weighted by Crippen LogP contribution is 2.07. The van der Waals surface area contributed by atoms with Crippen molar-refractivity contribution in [2.24, 2.45) is 5.16 Å². The lowest BCUT2D eigenvalue weighted by atomic mass is 10.1. The fraction of sp³-hybridized carbons (Fsp3) is 0.429. The summed E-state index contributed by atoms with van der Waals surface area (Å²) in [6.45, 7) is 4.63. The van der Waals surface area contributed by atoms with Gasteiger partial charge in [-0.3, -0.25) is 4.79 Å². The fourth-order valence-electron chi connectivity index (χ4n) is 1.54. The zero-order chi connectivity index (χ0) is 14.1. The Morgan fingerprint density at radius 1 is 1.32 bits per heavy atom. The summed E-state index contributed by atoms with van der Waals surface area (Å²) >= 11 is 0. The summed E-state index contributed by atoms with van der Waals surface area (Å²) in [5, 5.41) is 12.1. The second kappa shape index (κ2) is 8.26. The second-order valence-electron chi connectivity index (χ2n) is 3.97. The van der Waals surface area contributed by atoms with Gasteiger partial charge in [0.05, 0.1) is 6.61 Å². The van der Waals surface area contributed by atoms with E-state index in [1.807, 2.05) is 31.2 Å². The molecule has 0 aliphatic carbocycles. The molecule has 1 aromatic rings. The number of hydrogen-bond donors (Lipinski definition) is 1. The largest absolute Gasteiger partial charge is 0.459 e. The number of oxime groups is 1. The van der Waals surface area contributed by atoms with Crippen molar-refractivity contribution < 1.29 is 19.5 Å². The molecule has 0 saturated heterocycles. The molecule has 1 N–H and O–H groups in total. The molecule has 104 valence electrons. The first-order chi connectivity index (χ1) is 9.17. The summed E-state index contributed by atoms with van der Waals surface area (Å²) in [7, 11) is 0. The number of benzene rings is 1. The lowest BCUT2D eigenvalue weighted by Gasteiger charge is -2.06. The molecule has 0 amide bonds. The topological polar surface area (TPSA) is 68.1 Å². The lowest BCUT2D eigenvalue weighted by molar-refractivity contribution is -0.139. The monoisotopic (exact) mass is 265 g/mol. The molecule has 1 aromatic carbocycles. The highest BCUT2D eigenvalue weighted by molar-refractivity contribution is 6.01. The maximum Gasteiger partial charge on any atom is 0.303 e. The average molecular weight is 265 g/mol. The lowest BCUT2D eigenvalue weighted by Crippen LogP contribution is -2.13. The van der Waals surface area contributed by atoms with Gasteiger partial charge in [0.1, 0.15) is 12.3 Å². The fourth-order valence-corrected chi connectivity index (χ4v) is 1.54. The van der Waals surface area contributed by atoms with E-state index in [9.17, 15) is 4.79 Å². The number of esters is 1. The number of nitrogens with zero attached hydrogens (tertiary/aromatic N) is 1. The number of hydrogen-bond acceptors (Lipinski definition) is 5. The number of ether oxygens (including phenoxy) is 2. The Morgan fingerprint density at radius 2 is 2.00 bits per heavy atom. The quantitative estimate of drug-likeness (QED) is 0.269. The predicted molar refractivity (Wildman–Crippen MR) is 71.6 cm³/mol. The van der Waals surface area contributed by atoms with E-state index in [2.05, 4.69) is 5.16 Å². The van der Waals surface area contributed by atoms with E-state index in [0.717, 1.165) is 17.5 Å². The molecule has 0 saturated carbocycles. The van der Waals surface area contributed by atoms with Gasteiger partial charge in [0, 0.05) is 19.1 Å². The molecule has 0 atom stereocenters. The van der Waals surface area contributed by atoms with Crippen LogP contribution >= 0.6 is 0 Å². The van der Waals surface area contributed by atoms with Gasteiger partial charge in [-0.25, -0.2) is 0 Å². The Balaban J connectivity index is 2.60. The van der Waals surface area contributed by atoms with Crippen molar-refractivity contribution in [1.82, 2.24) is 0 Å². The molecule has 0 bridgehead atoms. The third-order valence-corrected chi connectivity index (χ3v) is 2.56. The third kappa shape index (κ3) is 5.52. The zero-order valence-electron chi connectivity index (χ0n) is 11.3. The molecule has 0 fully saturated rings. The van der Waals surface area contributed by atoms with Crippen LogP contribution in [0.4, 0.5) is 0 Å². The molecule has 0 aliphatic heterocycles. The average Bonchev–Trinajstić information content (AvgIpc) is 2.41. The smallest absolute Gasteiger partial charge is 0.303 e. The van der Waals surface area contributed by atoms with Gasteiger partial charge < -0.3 is 14.7 Å². The highest BCUT2D eigenvalue weighted by atomic mass is 16.5. The van der Waals surface area contributed by atoms with Gasteiger partial charge in [0.25, 0.3) is 0 Å². The van der Waals surface area contributed by atoms with E-state index < -0.39 is 5.97 Å². The maximum absolute atomic E-state index is 10.7. The number of carbonyl (C=O) groups is 1. The van der Waals surface area contributed by atoms with E-state index in [1.165, 1.54) is 6.92 Å². The Hall–Kier alpha value is -1.88. The van der Waals surface area contributed by atoms with Crippen LogP contribution in [0.25, 0.3) is 0 Å². The Labute approximate surface area is 112 Å². The second-order valence-corrected chi connectivity index (χ2v) is 3.97. The molecule has 0 aromatic heterocycles. The van der Waals surface area contributed by atoms with Gasteiger partial charge in [-0.15, -0.1) is 0 Å². The van der Waals surface area contributed by atoms with Gasteiger partial charge in [-0.05, 0) is 18.9 Å². The van der Waals surface area contributed by atoms with Crippen LogP contribution in [-0.4, -0.2) is 36.7 Å². The summed E-state index contributed by atoms with van der Waals surface area (Å²) < 4.78 is 10.1. The normalized spacial score (nSPS) is 11.4. The van der Waals surface area contributed by atoms with Gasteiger partial charge in [-0.2, -0.15) is 0 Å². The van der Waals surface area contributed by atoms with E-state index in [-0.39, 0.29) is 6.61 Å². The molecule has 0 unspecified atom stereocenters. The first-order valence-corrected chi connectivity index (χ1v) is 6.18. The summed E-state index contributed by atoms with van der Waals surface area (Å²) in [5.74, 6) is -0.408. The number of carbonyl (C=O) groups excluding carboxylic acids is 1. The van der Waals surface area contributed by atoms with E-state index >= 15 is 0 Å². The van der Waals surface area contributed by atoms with Crippen molar-refractivity contribution >= 4 is 11.7 Å². The molecular weight excluding hydrogens is 246 g/mol. The van der Waals surface area contributed by atoms with Crippen LogP contribution in [0, 0.1) is 0 Å². The van der Waals surface area contributed by atoms with Crippen molar-refractivity contribution in [3.8, 4) is 0 Å². The maximum atomic E-state index is 10.7. The van der Waals surface area contributed by atoms with Crippen LogP contribution in [0.2, 0.25) is 0 Å². The number of rotatable bonds is 7. The molecule has 5 nitrogen and oxygen atoms in total. The van der Waals surface area contributed by atoms with Gasteiger partial charge in [0.2, 0.25) is 0 Å². The van der Waals surface area contributed by atoms with Crippen molar-refractivity contribution in [3.05, 3.63) is 35.4 Å². The highest BCUT2D eigenvalue weighted by Gasteiger charge is 2.06. The minimum Gasteiger partial charge on any atom is -0.459 e. The molecule has 0 heterocycles. The zero-order valence-corrected chi connectivity index (χ0v) is 11.3. The summed E-state index contributed by atoms with van der Waals surface area (Å²) in [6, 6.07) is 7.54. The minimum absolute atomic E-state index is 0.0376. The molecule has 0 radical (unpaired) electrons. The molecule has 5 heteroatoms. The Kier molecular flexibility index (Phi) is 6.60. The van der Waals surface area contributed by atoms with Crippen molar-refractivity contribution in [2.45, 2.75) is 20.3 Å². The Morgan fingerprint density at radius 3 is 2.53 bits per heavy atom. The third-order valence-electron chi connectivity index (χ3n) is 2.56. The summed E-state index contributed by atoms with van der Waals surface area (Å²) in [4.78, 5) is 10.7. The van der Waals surface area contributed by atoms with Crippen LogP contribution in [0.3, 0.4) is 0 Å². The molecule has 0 aliphatic rings. The van der Waals surface area contributed by atoms with Crippen LogP contribution in [0.5, 0.6) is 0 Å². The van der Waals surface area contributed by atoms with E-state index in [0.29, 0.717) is 18.9 Å². The van der Waals surface area contributed by atoms with E-state index in [4.69, 9.17) is 14.7 Å². The van der Waals surface area contributed by atoms with Crippen molar-refractivity contribution in [3.63, 3.8) is 0 Å². The predicted octanol–water partition coefficient (Wildman–Crippen LogP) is 2.01. The molecular formula is C14H19NO4. The van der Waals surface area contributed by atoms with Gasteiger partial charge in [-0.1, -0.05) is 29.4 Å². The van der Waals surface area contributed by atoms with Crippen molar-refractivity contribution in [1.29, 1.82) is 0 Å². The summed E-state index contributed by atoms with van der Waals surface area (Å²) in [5.41, 5.74) is 2.19. The Bertz CT molecular complexity index is 426. The first-order valence-electron chi connectivity index (χ1n) is 6.18. The molecule has 19 heavy (non-hydrogen) atoms. The SMILES string of the molecule is CCOCCc1ccc(C(COC(C)=O)=NO)cc1. The van der Waals surface area contributed by atoms with Gasteiger partial charge >= 0.3 is 5.97 Å². The first kappa shape index (κ1) is 15.2.